The van der Waals surface area contributed by atoms with Crippen molar-refractivity contribution in [1.82, 2.24) is 0 Å². The smallest absolute Gasteiger partial charge is 0.308 e. The van der Waals surface area contributed by atoms with Crippen molar-refractivity contribution in [3.63, 3.8) is 0 Å². The maximum Gasteiger partial charge on any atom is 0.308 e. The van der Waals surface area contributed by atoms with Crippen LogP contribution in [0.15, 0.2) is 18.2 Å². The molecule has 0 radical (unpaired) electrons. The van der Waals surface area contributed by atoms with Crippen LogP contribution < -0.4 is 10.1 Å². The molecule has 80 valence electrons. The van der Waals surface area contributed by atoms with Crippen LogP contribution in [0.5, 0.6) is 5.75 Å². The molecule has 1 rings (SSSR count). The zero-order valence-electron chi connectivity index (χ0n) is 8.96. The second-order valence-corrected chi connectivity index (χ2v) is 3.31. The molecule has 1 amide bonds. The van der Waals surface area contributed by atoms with Crippen LogP contribution in [0.1, 0.15) is 19.4 Å². The van der Waals surface area contributed by atoms with E-state index in [4.69, 9.17) is 4.74 Å². The standard InChI is InChI=1S/C11H13NO3/c1-7-4-10(12-8(2)13)6-11(5-7)15-9(3)14/h4-6H,1-3H3,(H,12,13). The van der Waals surface area contributed by atoms with E-state index >= 15 is 0 Å². The average molecular weight is 207 g/mol. The zero-order valence-corrected chi connectivity index (χ0v) is 8.96. The molecular formula is C11H13NO3. The van der Waals surface area contributed by atoms with Crippen LogP contribution in [0.2, 0.25) is 0 Å². The number of aryl methyl sites for hydroxylation is 1. The van der Waals surface area contributed by atoms with E-state index in [1.807, 2.05) is 6.92 Å². The van der Waals surface area contributed by atoms with Crippen molar-refractivity contribution in [2.75, 3.05) is 5.32 Å². The van der Waals surface area contributed by atoms with Gasteiger partial charge in [0.2, 0.25) is 5.91 Å². The van der Waals surface area contributed by atoms with Crippen LogP contribution in [-0.4, -0.2) is 11.9 Å². The van der Waals surface area contributed by atoms with Gasteiger partial charge >= 0.3 is 5.97 Å². The topological polar surface area (TPSA) is 55.4 Å². The molecule has 0 aromatic heterocycles. The number of carbonyl (C=O) groups is 2. The lowest BCUT2D eigenvalue weighted by molar-refractivity contribution is -0.131. The third-order valence-corrected chi connectivity index (χ3v) is 1.63. The molecular weight excluding hydrogens is 194 g/mol. The molecule has 1 aromatic carbocycles. The van der Waals surface area contributed by atoms with Gasteiger partial charge in [-0.15, -0.1) is 0 Å². The monoisotopic (exact) mass is 207 g/mol. The Kier molecular flexibility index (Phi) is 3.44. The lowest BCUT2D eigenvalue weighted by Crippen LogP contribution is -2.07. The van der Waals surface area contributed by atoms with Crippen LogP contribution >= 0.6 is 0 Å². The van der Waals surface area contributed by atoms with E-state index in [1.54, 1.807) is 18.2 Å². The Labute approximate surface area is 88.2 Å². The van der Waals surface area contributed by atoms with Gasteiger partial charge in [0, 0.05) is 25.6 Å². The van der Waals surface area contributed by atoms with Gasteiger partial charge in [0.25, 0.3) is 0 Å². The van der Waals surface area contributed by atoms with Gasteiger partial charge in [-0.3, -0.25) is 9.59 Å². The van der Waals surface area contributed by atoms with E-state index in [0.717, 1.165) is 5.56 Å². The fourth-order valence-corrected chi connectivity index (χ4v) is 1.25. The highest BCUT2D eigenvalue weighted by Gasteiger charge is 2.03. The molecule has 0 saturated heterocycles. The fourth-order valence-electron chi connectivity index (χ4n) is 1.25. The van der Waals surface area contributed by atoms with Crippen molar-refractivity contribution in [3.8, 4) is 5.75 Å². The minimum absolute atomic E-state index is 0.158. The zero-order chi connectivity index (χ0) is 11.4. The number of anilines is 1. The van der Waals surface area contributed by atoms with Crippen molar-refractivity contribution < 1.29 is 14.3 Å². The van der Waals surface area contributed by atoms with E-state index in [-0.39, 0.29) is 11.9 Å². The molecule has 0 aliphatic carbocycles. The quantitative estimate of drug-likeness (QED) is 0.595. The Hall–Kier alpha value is -1.84. The first kappa shape index (κ1) is 11.2. The first-order chi connectivity index (χ1) is 6.97. The minimum Gasteiger partial charge on any atom is -0.427 e. The lowest BCUT2D eigenvalue weighted by atomic mass is 10.2. The number of esters is 1. The molecule has 0 heterocycles. The number of rotatable bonds is 2. The van der Waals surface area contributed by atoms with E-state index in [1.165, 1.54) is 13.8 Å². The van der Waals surface area contributed by atoms with Crippen molar-refractivity contribution in [2.24, 2.45) is 0 Å². The molecule has 0 aliphatic heterocycles. The Balaban J connectivity index is 2.94. The molecule has 0 unspecified atom stereocenters. The van der Waals surface area contributed by atoms with E-state index in [0.29, 0.717) is 11.4 Å². The van der Waals surface area contributed by atoms with E-state index in [2.05, 4.69) is 5.32 Å². The number of hydrogen-bond donors (Lipinski definition) is 1. The molecule has 4 heteroatoms. The highest BCUT2D eigenvalue weighted by atomic mass is 16.5. The van der Waals surface area contributed by atoms with Crippen molar-refractivity contribution in [3.05, 3.63) is 23.8 Å². The molecule has 1 N–H and O–H groups in total. The van der Waals surface area contributed by atoms with Gasteiger partial charge in [0.05, 0.1) is 0 Å². The summed E-state index contributed by atoms with van der Waals surface area (Å²) in [6, 6.07) is 5.14. The van der Waals surface area contributed by atoms with Gasteiger partial charge < -0.3 is 10.1 Å². The number of carbonyl (C=O) groups excluding carboxylic acids is 2. The second-order valence-electron chi connectivity index (χ2n) is 3.31. The summed E-state index contributed by atoms with van der Waals surface area (Å²) in [7, 11) is 0. The van der Waals surface area contributed by atoms with Crippen molar-refractivity contribution >= 4 is 17.6 Å². The average Bonchev–Trinajstić information content (AvgIpc) is 1.98. The predicted molar refractivity (Wildman–Crippen MR) is 56.8 cm³/mol. The summed E-state index contributed by atoms with van der Waals surface area (Å²) in [4.78, 5) is 21.6. The summed E-state index contributed by atoms with van der Waals surface area (Å²) in [5.41, 5.74) is 1.54. The molecule has 0 saturated carbocycles. The summed E-state index contributed by atoms with van der Waals surface area (Å²) in [6.45, 7) is 4.62. The first-order valence-electron chi connectivity index (χ1n) is 4.55. The number of ether oxygens (including phenoxy) is 1. The lowest BCUT2D eigenvalue weighted by Gasteiger charge is -2.07. The van der Waals surface area contributed by atoms with Gasteiger partial charge in [0.1, 0.15) is 5.75 Å². The summed E-state index contributed by atoms with van der Waals surface area (Å²) in [5, 5.41) is 2.63. The summed E-state index contributed by atoms with van der Waals surface area (Å²) in [6.07, 6.45) is 0. The number of benzene rings is 1. The second kappa shape index (κ2) is 4.59. The number of amides is 1. The predicted octanol–water partition coefficient (Wildman–Crippen LogP) is 1.88. The molecule has 0 spiro atoms. The van der Waals surface area contributed by atoms with Gasteiger partial charge in [0.15, 0.2) is 0 Å². The Morgan fingerprint density at radius 1 is 1.20 bits per heavy atom. The highest BCUT2D eigenvalue weighted by molar-refractivity contribution is 5.89. The van der Waals surface area contributed by atoms with E-state index in [9.17, 15) is 9.59 Å². The maximum absolute atomic E-state index is 10.8. The SMILES string of the molecule is CC(=O)Nc1cc(C)cc(OC(C)=O)c1. The Morgan fingerprint density at radius 2 is 1.87 bits per heavy atom. The van der Waals surface area contributed by atoms with Crippen LogP contribution in [0, 0.1) is 6.92 Å². The first-order valence-corrected chi connectivity index (χ1v) is 4.55. The Morgan fingerprint density at radius 3 is 2.40 bits per heavy atom. The summed E-state index contributed by atoms with van der Waals surface area (Å²) in [5.74, 6) is -0.102. The third kappa shape index (κ3) is 3.81. The highest BCUT2D eigenvalue weighted by Crippen LogP contribution is 2.20. The van der Waals surface area contributed by atoms with Gasteiger partial charge in [-0.25, -0.2) is 0 Å². The summed E-state index contributed by atoms with van der Waals surface area (Å²) >= 11 is 0. The van der Waals surface area contributed by atoms with Gasteiger partial charge in [-0.05, 0) is 24.6 Å². The van der Waals surface area contributed by atoms with Crippen LogP contribution in [0.3, 0.4) is 0 Å². The largest absolute Gasteiger partial charge is 0.427 e. The van der Waals surface area contributed by atoms with Crippen LogP contribution in [0.4, 0.5) is 5.69 Å². The molecule has 15 heavy (non-hydrogen) atoms. The van der Waals surface area contributed by atoms with Crippen molar-refractivity contribution in [1.29, 1.82) is 0 Å². The normalized spacial score (nSPS) is 9.53. The minimum atomic E-state index is -0.380. The van der Waals surface area contributed by atoms with Crippen LogP contribution in [0.25, 0.3) is 0 Å². The van der Waals surface area contributed by atoms with Crippen molar-refractivity contribution in [2.45, 2.75) is 20.8 Å². The van der Waals surface area contributed by atoms with Gasteiger partial charge in [-0.2, -0.15) is 0 Å². The molecule has 1 aromatic rings. The number of nitrogens with one attached hydrogen (secondary N) is 1. The van der Waals surface area contributed by atoms with Gasteiger partial charge in [-0.1, -0.05) is 0 Å². The molecule has 0 bridgehead atoms. The molecule has 0 fully saturated rings. The third-order valence-electron chi connectivity index (χ3n) is 1.63. The summed E-state index contributed by atoms with van der Waals surface area (Å²) < 4.78 is 4.93. The van der Waals surface area contributed by atoms with Crippen LogP contribution in [-0.2, 0) is 9.59 Å². The Bertz CT molecular complexity index is 365. The van der Waals surface area contributed by atoms with E-state index < -0.39 is 0 Å². The molecule has 4 nitrogen and oxygen atoms in total. The number of hydrogen-bond acceptors (Lipinski definition) is 3. The maximum atomic E-state index is 10.8. The molecule has 0 aliphatic rings. The molecule has 0 atom stereocenters. The fraction of sp³-hybridized carbons (Fsp3) is 0.273.